The minimum Gasteiger partial charge on any atom is -0.467 e. The van der Waals surface area contributed by atoms with E-state index in [4.69, 9.17) is 23.7 Å². The molecule has 12 amide bonds. The van der Waals surface area contributed by atoms with Crippen molar-refractivity contribution >= 4 is 89.4 Å². The molecule has 12 N–H and O–H groups in total. The maximum absolute atomic E-state index is 14.6. The van der Waals surface area contributed by atoms with Crippen molar-refractivity contribution in [2.24, 2.45) is 0 Å². The van der Waals surface area contributed by atoms with Gasteiger partial charge in [-0.15, -0.1) is 11.8 Å². The molecule has 0 aliphatic carbocycles. The van der Waals surface area contributed by atoms with E-state index in [1.807, 2.05) is 0 Å². The highest BCUT2D eigenvalue weighted by atomic mass is 32.2. The van der Waals surface area contributed by atoms with E-state index < -0.39 is 136 Å². The first kappa shape index (κ1) is 78.7. The van der Waals surface area contributed by atoms with Gasteiger partial charge in [-0.2, -0.15) is 0 Å². The minimum atomic E-state index is -1.52. The molecule has 0 aliphatic rings. The Morgan fingerprint density at radius 1 is 0.360 bits per heavy atom. The van der Waals surface area contributed by atoms with E-state index in [0.717, 1.165) is 18.9 Å². The van der Waals surface area contributed by atoms with Crippen LogP contribution in [0.5, 0.6) is 0 Å². The summed E-state index contributed by atoms with van der Waals surface area (Å²) in [7, 11) is 1.11. The van der Waals surface area contributed by atoms with Crippen LogP contribution in [0.2, 0.25) is 0 Å². The maximum Gasteiger partial charge on any atom is 0.407 e. The second-order valence-electron chi connectivity index (χ2n) is 24.0. The molecule has 0 aliphatic heterocycles. The van der Waals surface area contributed by atoms with Gasteiger partial charge in [0.15, 0.2) is 0 Å². The largest absolute Gasteiger partial charge is 0.467 e. The van der Waals surface area contributed by atoms with Crippen molar-refractivity contribution in [2.75, 3.05) is 44.9 Å². The van der Waals surface area contributed by atoms with Crippen molar-refractivity contribution in [3.8, 4) is 0 Å². The summed E-state index contributed by atoms with van der Waals surface area (Å²) in [6.45, 7) is 25.0. The molecule has 0 bridgehead atoms. The van der Waals surface area contributed by atoms with Crippen molar-refractivity contribution in [3.63, 3.8) is 0 Å². The molecule has 0 heterocycles. The molecule has 7 atom stereocenters. The lowest BCUT2D eigenvalue weighted by atomic mass is 10.0. The summed E-state index contributed by atoms with van der Waals surface area (Å²) in [5, 5.41) is 30.8. The third kappa shape index (κ3) is 39.3. The Labute approximate surface area is 509 Å². The lowest BCUT2D eigenvalue weighted by molar-refractivity contribution is -0.145. The smallest absolute Gasteiger partial charge is 0.407 e. The van der Waals surface area contributed by atoms with E-state index in [2.05, 4.69) is 63.8 Å². The van der Waals surface area contributed by atoms with Gasteiger partial charge in [0.05, 0.1) is 13.0 Å². The second kappa shape index (κ2) is 38.7. The quantitative estimate of drug-likeness (QED) is 0.0189. The van der Waals surface area contributed by atoms with Gasteiger partial charge in [0.1, 0.15) is 64.7 Å². The molecule has 492 valence electrons. The summed E-state index contributed by atoms with van der Waals surface area (Å²) < 4.78 is 26.1. The first-order chi connectivity index (χ1) is 39.6. The summed E-state index contributed by atoms with van der Waals surface area (Å²) >= 11 is 1.12. The molecule has 0 aromatic rings. The number of amides is 12. The van der Waals surface area contributed by atoms with E-state index in [-0.39, 0.29) is 95.1 Å². The fourth-order valence-electron chi connectivity index (χ4n) is 7.10. The topological polar surface area (TPSA) is 412 Å². The number of esters is 1. The fourth-order valence-corrected chi connectivity index (χ4v) is 7.99. The molecule has 86 heavy (non-hydrogen) atoms. The molecule has 31 heteroatoms. The normalized spacial score (nSPS) is 13.9. The third-order valence-corrected chi connectivity index (χ3v) is 11.9. The number of ether oxygens (including phenoxy) is 5. The fraction of sp³-hybridized carbons (Fsp3) is 0.764. The number of hydrogen-bond donors (Lipinski definition) is 12. The van der Waals surface area contributed by atoms with Crippen LogP contribution in [0.4, 0.5) is 19.2 Å². The van der Waals surface area contributed by atoms with E-state index in [1.165, 1.54) is 27.7 Å². The molecule has 0 aromatic carbocycles. The van der Waals surface area contributed by atoms with Crippen molar-refractivity contribution in [1.29, 1.82) is 0 Å². The summed E-state index contributed by atoms with van der Waals surface area (Å²) in [6, 6.07) is -9.51. The molecule has 0 unspecified atom stereocenters. The maximum atomic E-state index is 14.6. The summed E-state index contributed by atoms with van der Waals surface area (Å²) in [4.78, 5) is 170. The minimum absolute atomic E-state index is 0.00296. The Kier molecular flexibility index (Phi) is 35.4. The number of hydrogen-bond acceptors (Lipinski definition) is 19. The number of alkyl carbamates (subject to hydrolysis) is 4. The van der Waals surface area contributed by atoms with Crippen LogP contribution in [-0.4, -0.2) is 187 Å². The number of nitrogens with one attached hydrogen (secondary N) is 12. The van der Waals surface area contributed by atoms with Crippen LogP contribution in [0.3, 0.4) is 0 Å². The van der Waals surface area contributed by atoms with Gasteiger partial charge in [0, 0.05) is 45.8 Å². The van der Waals surface area contributed by atoms with Crippen molar-refractivity contribution in [3.05, 3.63) is 0 Å². The molecule has 0 radical (unpaired) electrons. The van der Waals surface area contributed by atoms with Gasteiger partial charge in [0.25, 0.3) is 0 Å². The molecule has 0 saturated heterocycles. The molecular weight excluding hydrogens is 1150 g/mol. The summed E-state index contributed by atoms with van der Waals surface area (Å²) in [6.07, 6.45) is -3.25. The highest BCUT2D eigenvalue weighted by Crippen LogP contribution is 2.12. The highest BCUT2D eigenvalue weighted by Gasteiger charge is 2.34. The number of methoxy groups -OCH3 is 1. The highest BCUT2D eigenvalue weighted by molar-refractivity contribution is 7.99. The monoisotopic (exact) mass is 1250 g/mol. The van der Waals surface area contributed by atoms with Crippen molar-refractivity contribution in [1.82, 2.24) is 63.8 Å². The Balaban J connectivity index is 7.09. The van der Waals surface area contributed by atoms with Gasteiger partial charge < -0.3 is 87.5 Å². The third-order valence-electron chi connectivity index (χ3n) is 11.0. The Hall–Kier alpha value is -7.34. The van der Waals surface area contributed by atoms with Crippen LogP contribution in [0.25, 0.3) is 0 Å². The van der Waals surface area contributed by atoms with E-state index in [9.17, 15) is 62.3 Å². The Morgan fingerprint density at radius 2 is 0.640 bits per heavy atom. The van der Waals surface area contributed by atoms with Gasteiger partial charge in [-0.05, 0) is 148 Å². The summed E-state index contributed by atoms with van der Waals surface area (Å²) in [5.41, 5.74) is -3.30. The molecule has 0 fully saturated rings. The Bertz CT molecular complexity index is 2280. The van der Waals surface area contributed by atoms with Crippen LogP contribution in [-0.2, 0) is 66.8 Å². The zero-order chi connectivity index (χ0) is 66.2. The van der Waals surface area contributed by atoms with Crippen LogP contribution in [0, 0.1) is 0 Å². The number of thioether (sulfide) groups is 1. The molecular formula is C55H98N12O18S. The lowest BCUT2D eigenvalue weighted by Crippen LogP contribution is -2.59. The molecule has 0 rings (SSSR count). The number of carbonyl (C=O) groups excluding carboxylic acids is 13. The van der Waals surface area contributed by atoms with Gasteiger partial charge in [-0.3, -0.25) is 38.4 Å². The average molecular weight is 1250 g/mol. The van der Waals surface area contributed by atoms with Gasteiger partial charge in [-0.25, -0.2) is 24.0 Å². The average Bonchev–Trinajstić information content (AvgIpc) is 3.55. The zero-order valence-electron chi connectivity index (χ0n) is 53.2. The first-order valence-corrected chi connectivity index (χ1v) is 29.6. The van der Waals surface area contributed by atoms with Gasteiger partial charge in [0.2, 0.25) is 47.3 Å². The van der Waals surface area contributed by atoms with Crippen LogP contribution < -0.4 is 63.8 Å². The first-order valence-electron chi connectivity index (χ1n) is 28.5. The summed E-state index contributed by atoms with van der Waals surface area (Å²) in [5.74, 6) is -6.83. The van der Waals surface area contributed by atoms with Gasteiger partial charge in [-0.1, -0.05) is 0 Å². The van der Waals surface area contributed by atoms with Crippen LogP contribution in [0.15, 0.2) is 0 Å². The number of rotatable bonds is 34. The van der Waals surface area contributed by atoms with Crippen molar-refractivity contribution < 1.29 is 86.0 Å². The molecule has 30 nitrogen and oxygen atoms in total. The van der Waals surface area contributed by atoms with Crippen LogP contribution >= 0.6 is 11.8 Å². The van der Waals surface area contributed by atoms with E-state index in [1.54, 1.807) is 83.1 Å². The zero-order valence-corrected chi connectivity index (χ0v) is 54.0. The predicted octanol–water partition coefficient (Wildman–Crippen LogP) is 1.66. The number of carbonyl (C=O) groups is 13. The van der Waals surface area contributed by atoms with Crippen LogP contribution in [0.1, 0.15) is 162 Å². The molecule has 0 spiro atoms. The Morgan fingerprint density at radius 3 is 0.930 bits per heavy atom. The standard InChI is InChI=1S/C55H98N12O18S/c1-32(62-46(75)40(63-35(4)69)30-86-31-60-34(3)68)41(70)64-37(23-19-27-57-49(78)83-53(8,9)10)44(73)66-38(24-20-28-58-50(79)84-54(11,12)13)45(74)65-36(22-18-26-56-48(77)82-52(5,6)7)43(72)61-33(2)42(71)67-39(47(76)81-17)25-21-29-59-51(80)85-55(14,15)16/h32-33,36-40H,18-31H2,1-17H3,(H,56,77)(H,57,78)(H,58,79)(H,59,80)(H,60,68)(H,61,72)(H,62,75)(H,63,69)(H,64,70)(H,65,74)(H,66,73)(H,67,71)/t32-,33-,36-,37-,38-,39-,40-/m1/s1. The second-order valence-corrected chi connectivity index (χ2v) is 25.0. The SMILES string of the molecule is COC(=O)[C@@H](CCCNC(=O)OC(C)(C)C)NC(=O)[C@@H](C)NC(=O)[C@@H](CCCNC(=O)OC(C)(C)C)NC(=O)[C@@H](CCCNC(=O)OC(C)(C)C)NC(=O)[C@@H](CCCNC(=O)OC(C)(C)C)NC(=O)[C@@H](C)NC(=O)[C@@H](CSCNC(C)=O)NC(C)=O. The van der Waals surface area contributed by atoms with E-state index in [0.29, 0.717) is 0 Å². The lowest BCUT2D eigenvalue weighted by Gasteiger charge is -2.27. The molecule has 0 aromatic heterocycles. The molecule has 0 saturated carbocycles. The van der Waals surface area contributed by atoms with E-state index >= 15 is 0 Å². The van der Waals surface area contributed by atoms with Crippen molar-refractivity contribution in [2.45, 2.75) is 227 Å². The predicted molar refractivity (Wildman–Crippen MR) is 318 cm³/mol. The van der Waals surface area contributed by atoms with Gasteiger partial charge >= 0.3 is 30.3 Å².